The van der Waals surface area contributed by atoms with E-state index in [1.54, 1.807) is 18.2 Å². The van der Waals surface area contributed by atoms with Gasteiger partial charge in [-0.15, -0.1) is 0 Å². The standard InChI is InChI=1S/C20H20FN3O4/c1-3-27-14-6-8-18(28-4-2)17(10-14)23-19(25)11-24-12-22-16-9-13(21)5-7-15(16)20(24)26/h5-10,12H,3-4,11H2,1-2H3,(H,23,25). The number of anilines is 1. The van der Waals surface area contributed by atoms with Gasteiger partial charge in [0.05, 0.1) is 36.1 Å². The van der Waals surface area contributed by atoms with Gasteiger partial charge in [0.2, 0.25) is 5.91 Å². The van der Waals surface area contributed by atoms with Crippen LogP contribution < -0.4 is 20.3 Å². The highest BCUT2D eigenvalue weighted by Gasteiger charge is 2.12. The maximum absolute atomic E-state index is 13.3. The van der Waals surface area contributed by atoms with Gasteiger partial charge < -0.3 is 14.8 Å². The molecule has 0 radical (unpaired) electrons. The molecule has 0 saturated carbocycles. The Balaban J connectivity index is 1.83. The van der Waals surface area contributed by atoms with Gasteiger partial charge in [0.1, 0.15) is 23.9 Å². The third kappa shape index (κ3) is 4.28. The molecule has 0 aliphatic rings. The number of carbonyl (C=O) groups excluding carboxylic acids is 1. The molecule has 1 amide bonds. The average molecular weight is 385 g/mol. The number of hydrogen-bond acceptors (Lipinski definition) is 5. The number of carbonyl (C=O) groups is 1. The first-order chi connectivity index (χ1) is 13.5. The molecule has 0 bridgehead atoms. The third-order valence-electron chi connectivity index (χ3n) is 3.94. The van der Waals surface area contributed by atoms with Crippen LogP contribution in [0, 0.1) is 5.82 Å². The van der Waals surface area contributed by atoms with E-state index in [0.717, 1.165) is 0 Å². The molecule has 3 rings (SSSR count). The van der Waals surface area contributed by atoms with E-state index in [1.807, 2.05) is 13.8 Å². The van der Waals surface area contributed by atoms with Gasteiger partial charge in [0, 0.05) is 12.1 Å². The Kier molecular flexibility index (Phi) is 5.88. The first kappa shape index (κ1) is 19.3. The fraction of sp³-hybridized carbons (Fsp3) is 0.250. The maximum atomic E-state index is 13.3. The molecule has 3 aromatic rings. The molecule has 146 valence electrons. The number of rotatable bonds is 7. The molecule has 2 aromatic carbocycles. The summed E-state index contributed by atoms with van der Waals surface area (Å²) in [7, 11) is 0. The van der Waals surface area contributed by atoms with Crippen LogP contribution in [0.25, 0.3) is 10.9 Å². The van der Waals surface area contributed by atoms with Crippen molar-refractivity contribution in [3.05, 3.63) is 58.9 Å². The van der Waals surface area contributed by atoms with E-state index in [0.29, 0.717) is 30.4 Å². The number of aromatic nitrogens is 2. The van der Waals surface area contributed by atoms with Gasteiger partial charge in [-0.05, 0) is 38.1 Å². The van der Waals surface area contributed by atoms with Crippen molar-refractivity contribution in [2.24, 2.45) is 0 Å². The summed E-state index contributed by atoms with van der Waals surface area (Å²) in [6.45, 7) is 4.37. The zero-order valence-electron chi connectivity index (χ0n) is 15.6. The predicted molar refractivity (Wildman–Crippen MR) is 103 cm³/mol. The lowest BCUT2D eigenvalue weighted by molar-refractivity contribution is -0.116. The van der Waals surface area contributed by atoms with E-state index < -0.39 is 17.3 Å². The molecular weight excluding hydrogens is 365 g/mol. The predicted octanol–water partition coefficient (Wildman–Crippen LogP) is 2.97. The van der Waals surface area contributed by atoms with Crippen LogP contribution in [0.3, 0.4) is 0 Å². The van der Waals surface area contributed by atoms with Gasteiger partial charge in [-0.3, -0.25) is 14.2 Å². The summed E-state index contributed by atoms with van der Waals surface area (Å²) in [4.78, 5) is 29.1. The average Bonchev–Trinajstić information content (AvgIpc) is 2.66. The Labute approximate surface area is 160 Å². The van der Waals surface area contributed by atoms with Gasteiger partial charge in [-0.1, -0.05) is 0 Å². The van der Waals surface area contributed by atoms with Crippen LogP contribution in [0.1, 0.15) is 13.8 Å². The summed E-state index contributed by atoms with van der Waals surface area (Å²) < 4.78 is 25.4. The Bertz CT molecular complexity index is 1060. The minimum absolute atomic E-state index is 0.240. The fourth-order valence-corrected chi connectivity index (χ4v) is 2.73. The second-order valence-electron chi connectivity index (χ2n) is 5.91. The number of amides is 1. The third-order valence-corrected chi connectivity index (χ3v) is 3.94. The Morgan fingerprint density at radius 1 is 1.14 bits per heavy atom. The lowest BCUT2D eigenvalue weighted by Crippen LogP contribution is -2.28. The molecule has 0 spiro atoms. The SMILES string of the molecule is CCOc1ccc(OCC)c(NC(=O)Cn2cnc3cc(F)ccc3c2=O)c1. The van der Waals surface area contributed by atoms with Gasteiger partial charge in [-0.2, -0.15) is 0 Å². The number of fused-ring (bicyclic) bond motifs is 1. The lowest BCUT2D eigenvalue weighted by Gasteiger charge is -2.14. The highest BCUT2D eigenvalue weighted by molar-refractivity contribution is 5.92. The molecule has 1 N–H and O–H groups in total. The van der Waals surface area contributed by atoms with Crippen LogP contribution >= 0.6 is 0 Å². The van der Waals surface area contributed by atoms with Gasteiger partial charge in [0.25, 0.3) is 5.56 Å². The molecule has 1 aromatic heterocycles. The van der Waals surface area contributed by atoms with Crippen LogP contribution in [0.2, 0.25) is 0 Å². The number of ether oxygens (including phenoxy) is 2. The van der Waals surface area contributed by atoms with Crippen LogP contribution in [-0.2, 0) is 11.3 Å². The van der Waals surface area contributed by atoms with Crippen LogP contribution in [0.4, 0.5) is 10.1 Å². The number of hydrogen-bond donors (Lipinski definition) is 1. The smallest absolute Gasteiger partial charge is 0.261 e. The molecule has 0 atom stereocenters. The highest BCUT2D eigenvalue weighted by Crippen LogP contribution is 2.29. The minimum Gasteiger partial charge on any atom is -0.494 e. The van der Waals surface area contributed by atoms with Crippen molar-refractivity contribution in [3.8, 4) is 11.5 Å². The molecular formula is C20H20FN3O4. The van der Waals surface area contributed by atoms with Crippen molar-refractivity contribution >= 4 is 22.5 Å². The summed E-state index contributed by atoms with van der Waals surface area (Å²) in [6, 6.07) is 8.84. The number of nitrogens with zero attached hydrogens (tertiary/aromatic N) is 2. The quantitative estimate of drug-likeness (QED) is 0.676. The zero-order chi connectivity index (χ0) is 20.1. The Hall–Kier alpha value is -3.42. The van der Waals surface area contributed by atoms with E-state index in [2.05, 4.69) is 10.3 Å². The maximum Gasteiger partial charge on any atom is 0.261 e. The van der Waals surface area contributed by atoms with Crippen molar-refractivity contribution in [1.29, 1.82) is 0 Å². The van der Waals surface area contributed by atoms with Crippen molar-refractivity contribution in [2.75, 3.05) is 18.5 Å². The van der Waals surface area contributed by atoms with E-state index in [-0.39, 0.29) is 17.4 Å². The van der Waals surface area contributed by atoms with Crippen molar-refractivity contribution in [3.63, 3.8) is 0 Å². The zero-order valence-corrected chi connectivity index (χ0v) is 15.6. The largest absolute Gasteiger partial charge is 0.494 e. The topological polar surface area (TPSA) is 82.4 Å². The highest BCUT2D eigenvalue weighted by atomic mass is 19.1. The summed E-state index contributed by atoms with van der Waals surface area (Å²) in [5, 5.41) is 2.98. The normalized spacial score (nSPS) is 10.7. The van der Waals surface area contributed by atoms with Crippen LogP contribution in [-0.4, -0.2) is 28.7 Å². The number of benzene rings is 2. The Morgan fingerprint density at radius 2 is 1.93 bits per heavy atom. The van der Waals surface area contributed by atoms with E-state index >= 15 is 0 Å². The minimum atomic E-state index is -0.479. The summed E-state index contributed by atoms with van der Waals surface area (Å²) >= 11 is 0. The summed E-state index contributed by atoms with van der Waals surface area (Å²) in [5.74, 6) is 0.180. The monoisotopic (exact) mass is 385 g/mol. The lowest BCUT2D eigenvalue weighted by atomic mass is 10.2. The molecule has 28 heavy (non-hydrogen) atoms. The second-order valence-corrected chi connectivity index (χ2v) is 5.91. The molecule has 0 saturated heterocycles. The van der Waals surface area contributed by atoms with Crippen LogP contribution in [0.15, 0.2) is 47.5 Å². The van der Waals surface area contributed by atoms with Gasteiger partial charge in [0.15, 0.2) is 0 Å². The molecule has 0 aliphatic heterocycles. The number of halogens is 1. The van der Waals surface area contributed by atoms with Crippen LogP contribution in [0.5, 0.6) is 11.5 Å². The summed E-state index contributed by atoms with van der Waals surface area (Å²) in [6.07, 6.45) is 1.23. The molecule has 0 aliphatic carbocycles. The first-order valence-electron chi connectivity index (χ1n) is 8.86. The molecule has 0 unspecified atom stereocenters. The first-order valence-corrected chi connectivity index (χ1v) is 8.86. The second kappa shape index (κ2) is 8.51. The molecule has 1 heterocycles. The van der Waals surface area contributed by atoms with E-state index in [1.165, 1.54) is 29.1 Å². The van der Waals surface area contributed by atoms with Gasteiger partial charge in [-0.25, -0.2) is 9.37 Å². The van der Waals surface area contributed by atoms with Gasteiger partial charge >= 0.3 is 0 Å². The summed E-state index contributed by atoms with van der Waals surface area (Å²) in [5.41, 5.74) is 0.264. The molecule has 0 fully saturated rings. The fourth-order valence-electron chi connectivity index (χ4n) is 2.73. The molecule has 8 heteroatoms. The van der Waals surface area contributed by atoms with Crippen molar-refractivity contribution in [2.45, 2.75) is 20.4 Å². The van der Waals surface area contributed by atoms with E-state index in [4.69, 9.17) is 9.47 Å². The van der Waals surface area contributed by atoms with Crippen molar-refractivity contribution in [1.82, 2.24) is 9.55 Å². The Morgan fingerprint density at radius 3 is 2.68 bits per heavy atom. The number of nitrogens with one attached hydrogen (secondary N) is 1. The van der Waals surface area contributed by atoms with Crippen molar-refractivity contribution < 1.29 is 18.7 Å². The molecule has 7 nitrogen and oxygen atoms in total. The van der Waals surface area contributed by atoms with E-state index in [9.17, 15) is 14.0 Å².